The first-order chi connectivity index (χ1) is 63.0. The van der Waals surface area contributed by atoms with Crippen LogP contribution in [-0.2, 0) is 132 Å². The third-order valence-corrected chi connectivity index (χ3v) is 30.0. The summed E-state index contributed by atoms with van der Waals surface area (Å²) >= 11 is 15.7. The van der Waals surface area contributed by atoms with Gasteiger partial charge in [0, 0.05) is 66.9 Å². The molecular formula is C63H73F3N28O30P6S3. The van der Waals surface area contributed by atoms with E-state index in [1.165, 1.54) is 40.1 Å². The topological polar surface area (TPSA) is 797 Å². The van der Waals surface area contributed by atoms with E-state index in [0.29, 0.717) is 33.7 Å². The minimum Gasteiger partial charge on any atom is -0.398 e. The number of aromatic amines is 3. The molecule has 0 aromatic carbocycles. The second-order valence-corrected chi connectivity index (χ2v) is 43.6. The van der Waals surface area contributed by atoms with Crippen molar-refractivity contribution in [3.63, 3.8) is 0 Å². The number of pyridine rings is 2. The summed E-state index contributed by atoms with van der Waals surface area (Å²) in [4.78, 5) is 142. The highest BCUT2D eigenvalue weighted by Crippen LogP contribution is 2.60. The number of dihydropyridines is 1. The number of anilines is 5. The average Bonchev–Trinajstić information content (AvgIpc) is 1.58. The molecule has 10 aromatic rings. The van der Waals surface area contributed by atoms with E-state index in [4.69, 9.17) is 153 Å². The maximum atomic E-state index is 16.4. The van der Waals surface area contributed by atoms with Crippen molar-refractivity contribution < 1.29 is 139 Å². The molecule has 714 valence electrons. The van der Waals surface area contributed by atoms with Gasteiger partial charge in [-0.15, -0.1) is 15.3 Å². The molecule has 58 nitrogen and oxygen atoms in total. The normalized spacial score (nSPS) is 38.3. The van der Waals surface area contributed by atoms with E-state index in [-0.39, 0.29) is 101 Å². The quantitative estimate of drug-likeness (QED) is 0.0960. The van der Waals surface area contributed by atoms with Crippen LogP contribution < -0.4 is 51.1 Å². The zero-order valence-electron chi connectivity index (χ0n) is 67.2. The van der Waals surface area contributed by atoms with Crippen molar-refractivity contribution in [3.05, 3.63) is 97.7 Å². The number of aliphatic imine (C=N–C) groups is 2. The molecule has 28 atom stereocenters. The highest BCUT2D eigenvalue weighted by Gasteiger charge is 2.62. The van der Waals surface area contributed by atoms with Crippen LogP contribution in [0.15, 0.2) is 91.0 Å². The molecule has 0 amide bonds. The fourth-order valence-corrected chi connectivity index (χ4v) is 23.5. The predicted octanol–water partition coefficient (Wildman–Crippen LogP) is -0.184. The van der Waals surface area contributed by atoms with Gasteiger partial charge in [0.2, 0.25) is 17.8 Å². The van der Waals surface area contributed by atoms with E-state index in [1.807, 2.05) is 0 Å². The van der Waals surface area contributed by atoms with Gasteiger partial charge in [-0.25, -0.2) is 41.8 Å². The molecule has 0 saturated carbocycles. The number of phosphoric acid groups is 3. The average molecular weight is 2040 g/mol. The van der Waals surface area contributed by atoms with Gasteiger partial charge >= 0.3 is 43.6 Å². The number of alkyl halides is 3. The van der Waals surface area contributed by atoms with Crippen molar-refractivity contribution >= 4 is 176 Å². The fraction of sp³-hybridized carbons (Fsp3) is 0.508. The Morgan fingerprint density at radius 3 is 1.63 bits per heavy atom. The Labute approximate surface area is 752 Å². The van der Waals surface area contributed by atoms with Gasteiger partial charge in [0.25, 0.3) is 16.7 Å². The highest BCUT2D eigenvalue weighted by molar-refractivity contribution is 8.07. The molecule has 7 unspecified atom stereocenters. The molecule has 10 aromatic heterocycles. The smallest absolute Gasteiger partial charge is 0.398 e. The summed E-state index contributed by atoms with van der Waals surface area (Å²) in [5, 5.41) is 23.5. The van der Waals surface area contributed by atoms with Gasteiger partial charge in [0.15, 0.2) is 99.9 Å². The molecule has 21 N–H and O–H groups in total. The van der Waals surface area contributed by atoms with Crippen molar-refractivity contribution in [2.45, 2.75) is 161 Å². The minimum absolute atomic E-state index is 0.00917. The van der Waals surface area contributed by atoms with Crippen LogP contribution in [0, 0.1) is 0 Å². The number of rotatable bonds is 6. The molecule has 9 fully saturated rings. The summed E-state index contributed by atoms with van der Waals surface area (Å²) in [5.41, 5.74) is 32.4. The van der Waals surface area contributed by atoms with E-state index < -0.39 is 221 Å². The molecule has 21 rings (SSSR count). The number of hydrogen-bond donors (Lipinski definition) is 15. The summed E-state index contributed by atoms with van der Waals surface area (Å²) in [6, 6.07) is 4.18. The van der Waals surface area contributed by atoms with Gasteiger partial charge in [-0.3, -0.25) is 75.6 Å². The number of hydrogen-bond acceptors (Lipinski definition) is 47. The van der Waals surface area contributed by atoms with E-state index in [2.05, 4.69) is 85.8 Å². The van der Waals surface area contributed by atoms with Gasteiger partial charge in [-0.1, -0.05) is 15.6 Å². The molecule has 0 spiro atoms. The van der Waals surface area contributed by atoms with Crippen molar-refractivity contribution in [2.24, 2.45) is 15.7 Å². The van der Waals surface area contributed by atoms with E-state index >= 15 is 13.2 Å². The second-order valence-electron chi connectivity index (χ2n) is 31.1. The first-order valence-corrected chi connectivity index (χ1v) is 51.5. The lowest BCUT2D eigenvalue weighted by molar-refractivity contribution is -0.0688. The number of ether oxygens (including phenoxy) is 6. The Hall–Kier alpha value is -8.76. The minimum atomic E-state index is -5.20. The van der Waals surface area contributed by atoms with E-state index in [1.54, 1.807) is 30.6 Å². The zero-order valence-corrected chi connectivity index (χ0v) is 75.1. The maximum absolute atomic E-state index is 16.4. The third kappa shape index (κ3) is 18.5. The first-order valence-electron chi connectivity index (χ1n) is 39.2. The second kappa shape index (κ2) is 35.4. The highest BCUT2D eigenvalue weighted by atomic mass is 32.5. The fourth-order valence-electron chi connectivity index (χ4n) is 16.3. The molecule has 21 heterocycles. The Balaban J connectivity index is 0.000000129. The molecular weight excluding hydrogens is 1970 g/mol. The van der Waals surface area contributed by atoms with Gasteiger partial charge < -0.3 is 119 Å². The molecule has 70 heteroatoms. The van der Waals surface area contributed by atoms with Gasteiger partial charge in [0.1, 0.15) is 66.6 Å². The molecule has 9 saturated heterocycles. The Bertz CT molecular complexity index is 6940. The lowest BCUT2D eigenvalue weighted by atomic mass is 9.95. The van der Waals surface area contributed by atoms with Crippen molar-refractivity contribution in [2.75, 3.05) is 68.3 Å². The van der Waals surface area contributed by atoms with Crippen molar-refractivity contribution in [1.29, 1.82) is 0 Å². The molecule has 0 radical (unpaired) electrons. The summed E-state index contributed by atoms with van der Waals surface area (Å²) in [6.07, 6.45) is -17.1. The largest absolute Gasteiger partial charge is 0.472 e. The molecule has 6 bridgehead atoms. The number of halogens is 3. The van der Waals surface area contributed by atoms with E-state index in [0.717, 1.165) is 21.0 Å². The first kappa shape index (κ1) is 93.3. The van der Waals surface area contributed by atoms with Crippen LogP contribution in [0.5, 0.6) is 0 Å². The van der Waals surface area contributed by atoms with Crippen LogP contribution in [0.1, 0.15) is 57.3 Å². The molecule has 0 aliphatic carbocycles. The summed E-state index contributed by atoms with van der Waals surface area (Å²) < 4.78 is 194. The van der Waals surface area contributed by atoms with Crippen LogP contribution in [-0.4, -0.2) is 283 Å². The van der Waals surface area contributed by atoms with Crippen LogP contribution >= 0.6 is 43.6 Å². The number of nitrogens with one attached hydrogen (secondary N) is 3. The summed E-state index contributed by atoms with van der Waals surface area (Å²) in [5.74, 6) is -0.703. The number of nitrogens with zero attached hydrogens (tertiary/aromatic N) is 19. The van der Waals surface area contributed by atoms with Gasteiger partial charge in [-0.05, 0) is 66.6 Å². The number of imidazole rings is 1. The number of nitrogen functional groups attached to an aromatic ring is 5. The number of H-pyrrole nitrogens is 3. The summed E-state index contributed by atoms with van der Waals surface area (Å²) in [7, 11) is -14.8. The standard InChI is InChI=1S/C22H26N8O10P2S.C21H24FN9O10P2S.C20H23F2N11O10P2S/c23-11-1-2-25-16-10(5-26-17(11)16)12-4-13-15(38-12)7-36-42(34,43)40-14-3-9(6-35-41(32,33)39-13)37-21(14)30-8-27-18-19(30)28-22(24)29-20(18)31;22-13-15-12(39-20(13)30-4-2-9-10(23)1-3-25-16(9)30)7-37-43(35,44)40-11-5-8(6-36-42(33,34)41-15)38-19(11)31-17-14(28-29-31)18(32)27-21(24)26-17;1-20(22)8-5-38-44(35,36)42-12-7(40-17(9(12)21)32-14-10(28-30-32)6(23)2-3-25-14)4-39-45(37,46)43-13(20)18(41-8)33-15-11(29-31-33)16(34)27-19(24)26-15/h1-2,5,8-9,12-16,21H,3-4,6-7,23H2,(H,32,33)(H,34,43)(H3,24,28,29,31);1-4,8,11-13,15,19-20H,5-7H2,(H2,23,25)(H,33,34)(H,35,44)(H3,24,26,27,32);2-3,7-9,12-13,17-18H,4-5H2,1H3,(H2,23,25)(H,35,36)(H,37,46)(H3,24,26,27,34)/t9-,12+,13-,14+,15+,16?,21+,42?;8-,11+,12+,13-,15+,19+,20+,43?;7-,8-,9+,12-,13+,17-,18-,20+,45?/m001/s1. The molecule has 11 aliphatic heterocycles. The van der Waals surface area contributed by atoms with E-state index in [9.17, 15) is 57.4 Å². The van der Waals surface area contributed by atoms with Gasteiger partial charge in [0.05, 0.1) is 81.4 Å². The Kier molecular flexibility index (Phi) is 24.8. The third-order valence-electron chi connectivity index (χ3n) is 22.3. The van der Waals surface area contributed by atoms with Crippen LogP contribution in [0.3, 0.4) is 0 Å². The number of aromatic nitrogens is 20. The maximum Gasteiger partial charge on any atom is 0.472 e. The number of nitrogens with two attached hydrogens (primary N) is 6. The van der Waals surface area contributed by atoms with Crippen LogP contribution in [0.25, 0.3) is 55.7 Å². The number of allylic oxidation sites excluding steroid dienone is 1. The number of fused-ring (bicyclic) bond motifs is 15. The van der Waals surface area contributed by atoms with Crippen molar-refractivity contribution in [1.82, 2.24) is 99.0 Å². The van der Waals surface area contributed by atoms with Crippen molar-refractivity contribution in [3.8, 4) is 0 Å². The number of phosphoric ester groups is 3. The van der Waals surface area contributed by atoms with Crippen LogP contribution in [0.2, 0.25) is 0 Å². The zero-order chi connectivity index (χ0) is 93.8. The molecule has 133 heavy (non-hydrogen) atoms. The molecule has 11 aliphatic rings. The predicted molar refractivity (Wildman–Crippen MR) is 453 cm³/mol. The Morgan fingerprint density at radius 2 is 1.01 bits per heavy atom. The van der Waals surface area contributed by atoms with Gasteiger partial charge in [-0.2, -0.15) is 29.0 Å². The Morgan fingerprint density at radius 1 is 0.496 bits per heavy atom. The lowest BCUT2D eigenvalue weighted by Crippen LogP contribution is -2.43. The monoisotopic (exact) mass is 2040 g/mol. The SMILES string of the molecule is C[C@]1(F)[C@H]2COP(=O)(O)O[C@H]3[C@H](F)[C@H](n4nnc5c(N)ccnc54)O[C@@H]3COP(O)(=S)O[C@H]1[C@H](n1nnc3c(=O)[nH]c(N)nc31)O2.NC1=CC=NC2C([C@H]3C[C@@H]4OP(=O)(O)OC[C@@H]5C[C@@H](OP(O)(=S)OC[C@H]4O3)[C@H](n3cnc4c(=O)[nH]c(N)nc43)O5)=CN=C12.Nc1nc2c(nnn2[C@@H]2O[C@@H]3COP(=O)(O)O[C@H]4[C@H](F)[C@H](n5ccc6c(N)ccnc65)O[C@@H]4COP(O)(=S)O[C@@H]2C3)c(=O)[nH]1. The lowest BCUT2D eigenvalue weighted by Gasteiger charge is -2.30. The summed E-state index contributed by atoms with van der Waals surface area (Å²) in [6.45, 7) is -15.2. The van der Waals surface area contributed by atoms with Crippen LogP contribution in [0.4, 0.5) is 42.4 Å².